The molecule has 5 heteroatoms. The van der Waals surface area contributed by atoms with Gasteiger partial charge in [0.2, 0.25) is 0 Å². The van der Waals surface area contributed by atoms with Gasteiger partial charge in [-0.2, -0.15) is 0 Å². The van der Waals surface area contributed by atoms with Gasteiger partial charge in [0.15, 0.2) is 9.84 Å². The number of sulfone groups is 1. The van der Waals surface area contributed by atoms with E-state index < -0.39 is 9.84 Å². The van der Waals surface area contributed by atoms with E-state index in [1.807, 2.05) is 6.07 Å². The number of hydrogen-bond acceptors (Lipinski definition) is 3. The molecular weight excluding hydrogens is 352 g/mol. The first-order valence-electron chi connectivity index (χ1n) is 7.53. The minimum Gasteiger partial charge on any atom is -0.490 e. The molecule has 2 aliphatic carbocycles. The molecule has 0 heterocycles. The number of halogens is 1. The van der Waals surface area contributed by atoms with E-state index in [1.165, 1.54) is 38.4 Å². The lowest BCUT2D eigenvalue weighted by molar-refractivity contribution is -0.0602. The molecule has 0 bridgehead atoms. The average Bonchev–Trinajstić information content (AvgIpc) is 2.47. The van der Waals surface area contributed by atoms with Crippen molar-refractivity contribution in [3.05, 3.63) is 24.3 Å². The maximum atomic E-state index is 11.6. The Balaban J connectivity index is 1.78. The summed E-state index contributed by atoms with van der Waals surface area (Å²) in [6.07, 6.45) is 8.71. The van der Waals surface area contributed by atoms with Crippen LogP contribution in [0.5, 0.6) is 5.75 Å². The third kappa shape index (κ3) is 2.87. The lowest BCUT2D eigenvalue weighted by Gasteiger charge is -2.55. The number of benzene rings is 1. The van der Waals surface area contributed by atoms with Crippen molar-refractivity contribution in [2.45, 2.75) is 54.4 Å². The molecule has 2 unspecified atom stereocenters. The van der Waals surface area contributed by atoms with Crippen LogP contribution in [-0.4, -0.2) is 25.6 Å². The SMILES string of the molecule is CS(=O)(=O)c1cccc(OC2CC(Br)C23CCCCC3)c1. The molecule has 2 fully saturated rings. The van der Waals surface area contributed by atoms with Gasteiger partial charge in [0, 0.05) is 16.5 Å². The average molecular weight is 373 g/mol. The Bertz CT molecular complexity index is 620. The summed E-state index contributed by atoms with van der Waals surface area (Å²) < 4.78 is 29.4. The van der Waals surface area contributed by atoms with Crippen LogP contribution in [0, 0.1) is 5.41 Å². The minimum atomic E-state index is -3.18. The third-order valence-electron chi connectivity index (χ3n) is 4.98. The highest BCUT2D eigenvalue weighted by atomic mass is 79.9. The van der Waals surface area contributed by atoms with E-state index in [-0.39, 0.29) is 11.5 Å². The van der Waals surface area contributed by atoms with Crippen molar-refractivity contribution in [2.75, 3.05) is 6.26 Å². The van der Waals surface area contributed by atoms with Crippen LogP contribution >= 0.6 is 15.9 Å². The Hall–Kier alpha value is -0.550. The Morgan fingerprint density at radius 3 is 2.57 bits per heavy atom. The number of rotatable bonds is 3. The van der Waals surface area contributed by atoms with E-state index in [0.717, 1.165) is 6.42 Å². The lowest BCUT2D eigenvalue weighted by Crippen LogP contribution is -2.57. The van der Waals surface area contributed by atoms with E-state index in [9.17, 15) is 8.42 Å². The summed E-state index contributed by atoms with van der Waals surface area (Å²) in [4.78, 5) is 0.862. The van der Waals surface area contributed by atoms with Crippen LogP contribution < -0.4 is 4.74 Å². The van der Waals surface area contributed by atoms with Crippen LogP contribution in [-0.2, 0) is 9.84 Å². The molecule has 0 saturated heterocycles. The Morgan fingerprint density at radius 1 is 1.24 bits per heavy atom. The molecule has 2 aliphatic rings. The Kier molecular flexibility index (Phi) is 4.08. The predicted molar refractivity (Wildman–Crippen MR) is 86.8 cm³/mol. The molecule has 3 rings (SSSR count). The predicted octanol–water partition coefficient (Wildman–Crippen LogP) is 3.96. The second kappa shape index (κ2) is 5.58. The number of alkyl halides is 1. The van der Waals surface area contributed by atoms with Gasteiger partial charge in [0.1, 0.15) is 11.9 Å². The first kappa shape index (κ1) is 15.3. The summed E-state index contributed by atoms with van der Waals surface area (Å²) >= 11 is 3.80. The van der Waals surface area contributed by atoms with Crippen LogP contribution in [0.15, 0.2) is 29.2 Å². The van der Waals surface area contributed by atoms with Crippen molar-refractivity contribution >= 4 is 25.8 Å². The van der Waals surface area contributed by atoms with Gasteiger partial charge in [-0.3, -0.25) is 0 Å². The molecule has 2 saturated carbocycles. The maximum Gasteiger partial charge on any atom is 0.175 e. The minimum absolute atomic E-state index is 0.206. The van der Waals surface area contributed by atoms with Gasteiger partial charge in [0.05, 0.1) is 4.90 Å². The summed E-state index contributed by atoms with van der Waals surface area (Å²) in [5.41, 5.74) is 0.249. The second-order valence-electron chi connectivity index (χ2n) is 6.35. The topological polar surface area (TPSA) is 43.4 Å². The van der Waals surface area contributed by atoms with E-state index in [0.29, 0.717) is 15.5 Å². The lowest BCUT2D eigenvalue weighted by atomic mass is 9.58. The van der Waals surface area contributed by atoms with Gasteiger partial charge in [0.25, 0.3) is 0 Å². The van der Waals surface area contributed by atoms with Crippen molar-refractivity contribution in [1.82, 2.24) is 0 Å². The van der Waals surface area contributed by atoms with Crippen molar-refractivity contribution in [3.8, 4) is 5.75 Å². The van der Waals surface area contributed by atoms with Gasteiger partial charge in [-0.25, -0.2) is 8.42 Å². The van der Waals surface area contributed by atoms with Gasteiger partial charge in [-0.05, 0) is 37.5 Å². The molecule has 0 aliphatic heterocycles. The third-order valence-corrected chi connectivity index (χ3v) is 7.38. The molecule has 0 amide bonds. The van der Waals surface area contributed by atoms with Gasteiger partial charge in [-0.15, -0.1) is 0 Å². The number of ether oxygens (including phenoxy) is 1. The molecule has 3 nitrogen and oxygen atoms in total. The van der Waals surface area contributed by atoms with Crippen LogP contribution in [0.1, 0.15) is 38.5 Å². The first-order chi connectivity index (χ1) is 9.92. The Morgan fingerprint density at radius 2 is 1.95 bits per heavy atom. The fourth-order valence-electron chi connectivity index (χ4n) is 3.65. The standard InChI is InChI=1S/C16H21BrO3S/c1-21(18,19)13-7-5-6-12(10-13)20-15-11-14(17)16(15)8-3-2-4-9-16/h5-7,10,14-15H,2-4,8-9,11H2,1H3. The molecule has 21 heavy (non-hydrogen) atoms. The molecule has 1 aromatic carbocycles. The quantitative estimate of drug-likeness (QED) is 0.754. The highest BCUT2D eigenvalue weighted by Gasteiger charge is 2.55. The molecule has 2 atom stereocenters. The van der Waals surface area contributed by atoms with Crippen molar-refractivity contribution in [2.24, 2.45) is 5.41 Å². The zero-order valence-electron chi connectivity index (χ0n) is 12.2. The van der Waals surface area contributed by atoms with E-state index in [2.05, 4.69) is 15.9 Å². The summed E-state index contributed by atoms with van der Waals surface area (Å²) in [6, 6.07) is 6.87. The highest BCUT2D eigenvalue weighted by molar-refractivity contribution is 9.09. The van der Waals surface area contributed by atoms with Crippen LogP contribution in [0.4, 0.5) is 0 Å². The van der Waals surface area contributed by atoms with Gasteiger partial charge < -0.3 is 4.74 Å². The largest absolute Gasteiger partial charge is 0.490 e. The van der Waals surface area contributed by atoms with Gasteiger partial charge >= 0.3 is 0 Å². The van der Waals surface area contributed by atoms with Crippen LogP contribution in [0.2, 0.25) is 0 Å². The highest BCUT2D eigenvalue weighted by Crippen LogP contribution is 2.56. The van der Waals surface area contributed by atoms with E-state index in [4.69, 9.17) is 4.74 Å². The zero-order chi connectivity index (χ0) is 15.1. The summed E-state index contributed by atoms with van der Waals surface area (Å²) in [7, 11) is -3.18. The summed E-state index contributed by atoms with van der Waals surface area (Å²) in [6.45, 7) is 0. The Labute approximate surface area is 135 Å². The maximum absolute atomic E-state index is 11.6. The summed E-state index contributed by atoms with van der Waals surface area (Å²) in [5.74, 6) is 0.673. The smallest absolute Gasteiger partial charge is 0.175 e. The molecule has 0 N–H and O–H groups in total. The van der Waals surface area contributed by atoms with E-state index >= 15 is 0 Å². The fourth-order valence-corrected chi connectivity index (χ4v) is 5.40. The van der Waals surface area contributed by atoms with Crippen molar-refractivity contribution in [3.63, 3.8) is 0 Å². The molecule has 1 spiro atoms. The first-order valence-corrected chi connectivity index (χ1v) is 10.3. The summed E-state index contributed by atoms with van der Waals surface area (Å²) in [5, 5.41) is 0. The fraction of sp³-hybridized carbons (Fsp3) is 0.625. The molecule has 1 aromatic rings. The van der Waals surface area contributed by atoms with Crippen molar-refractivity contribution in [1.29, 1.82) is 0 Å². The van der Waals surface area contributed by atoms with Gasteiger partial charge in [-0.1, -0.05) is 41.3 Å². The molecule has 0 aromatic heterocycles. The monoisotopic (exact) mass is 372 g/mol. The molecule has 0 radical (unpaired) electrons. The normalized spacial score (nSPS) is 28.1. The second-order valence-corrected chi connectivity index (χ2v) is 9.47. The van der Waals surface area contributed by atoms with Crippen LogP contribution in [0.25, 0.3) is 0 Å². The molecule has 116 valence electrons. The van der Waals surface area contributed by atoms with Crippen LogP contribution in [0.3, 0.4) is 0 Å². The number of hydrogen-bond donors (Lipinski definition) is 0. The molecular formula is C16H21BrO3S. The van der Waals surface area contributed by atoms with E-state index in [1.54, 1.807) is 18.2 Å². The zero-order valence-corrected chi connectivity index (χ0v) is 14.6. The van der Waals surface area contributed by atoms with Crippen molar-refractivity contribution < 1.29 is 13.2 Å².